The molecule has 1 unspecified atom stereocenters. The predicted molar refractivity (Wildman–Crippen MR) is 91.3 cm³/mol. The lowest BCUT2D eigenvalue weighted by atomic mass is 9.97. The molecule has 5 heteroatoms. The molecule has 1 atom stereocenters. The molecule has 0 saturated carbocycles. The molecule has 5 nitrogen and oxygen atoms in total. The number of hydrogen-bond acceptors (Lipinski definition) is 5. The second-order valence-corrected chi connectivity index (χ2v) is 6.83. The minimum atomic E-state index is -0.230. The maximum absolute atomic E-state index is 9.27. The minimum Gasteiger partial charge on any atom is -0.423 e. The van der Waals surface area contributed by atoms with Crippen LogP contribution in [0.1, 0.15) is 44.0 Å². The van der Waals surface area contributed by atoms with E-state index in [1.807, 2.05) is 53.1 Å². The van der Waals surface area contributed by atoms with Crippen LogP contribution in [0.3, 0.4) is 0 Å². The highest BCUT2D eigenvalue weighted by atomic mass is 16.4. The van der Waals surface area contributed by atoms with Gasteiger partial charge >= 0.3 is 0 Å². The van der Waals surface area contributed by atoms with Gasteiger partial charge in [-0.25, -0.2) is 0 Å². The largest absolute Gasteiger partial charge is 0.423 e. The van der Waals surface area contributed by atoms with Crippen molar-refractivity contribution in [2.45, 2.75) is 32.2 Å². The Morgan fingerprint density at radius 1 is 1.26 bits per heavy atom. The van der Waals surface area contributed by atoms with E-state index in [1.54, 1.807) is 0 Å². The average molecular weight is 312 g/mol. The molecular formula is C18H24N4O. The van der Waals surface area contributed by atoms with Crippen LogP contribution in [0.4, 0.5) is 5.88 Å². The van der Waals surface area contributed by atoms with E-state index in [9.17, 15) is 5.26 Å². The fraction of sp³-hybridized carbons (Fsp3) is 0.444. The Morgan fingerprint density at radius 2 is 1.91 bits per heavy atom. The van der Waals surface area contributed by atoms with Crippen LogP contribution in [0.2, 0.25) is 0 Å². The van der Waals surface area contributed by atoms with Crippen molar-refractivity contribution >= 4 is 5.88 Å². The molecule has 122 valence electrons. The first-order valence-corrected chi connectivity index (χ1v) is 7.69. The van der Waals surface area contributed by atoms with Crippen molar-refractivity contribution in [2.75, 3.05) is 26.0 Å². The van der Waals surface area contributed by atoms with Gasteiger partial charge in [-0.3, -0.25) is 0 Å². The molecule has 1 aromatic carbocycles. The van der Waals surface area contributed by atoms with Gasteiger partial charge in [0.1, 0.15) is 6.07 Å². The van der Waals surface area contributed by atoms with Crippen molar-refractivity contribution < 1.29 is 4.42 Å². The summed E-state index contributed by atoms with van der Waals surface area (Å²) >= 11 is 0. The van der Waals surface area contributed by atoms with Crippen molar-refractivity contribution in [3.63, 3.8) is 0 Å². The van der Waals surface area contributed by atoms with Gasteiger partial charge in [0.25, 0.3) is 0 Å². The SMILES string of the molecule is CN(C)C(CNc1oc(C(C)(C)C)nc1C#N)c1ccccc1. The number of nitriles is 1. The molecule has 2 rings (SSSR count). The highest BCUT2D eigenvalue weighted by Crippen LogP contribution is 2.27. The molecule has 0 aliphatic carbocycles. The third kappa shape index (κ3) is 4.11. The summed E-state index contributed by atoms with van der Waals surface area (Å²) in [6.07, 6.45) is 0. The summed E-state index contributed by atoms with van der Waals surface area (Å²) in [5.74, 6) is 1.01. The molecule has 0 bridgehead atoms. The number of oxazole rings is 1. The zero-order chi connectivity index (χ0) is 17.0. The monoisotopic (exact) mass is 312 g/mol. The van der Waals surface area contributed by atoms with Crippen LogP contribution < -0.4 is 5.32 Å². The van der Waals surface area contributed by atoms with Crippen LogP contribution in [0, 0.1) is 11.3 Å². The number of anilines is 1. The van der Waals surface area contributed by atoms with Crippen molar-refractivity contribution in [2.24, 2.45) is 0 Å². The van der Waals surface area contributed by atoms with E-state index < -0.39 is 0 Å². The van der Waals surface area contributed by atoms with Gasteiger partial charge in [0.15, 0.2) is 0 Å². The second-order valence-electron chi connectivity index (χ2n) is 6.83. The fourth-order valence-corrected chi connectivity index (χ4v) is 2.30. The Bertz CT molecular complexity index is 677. The zero-order valence-electron chi connectivity index (χ0n) is 14.4. The Kier molecular flexibility index (Phi) is 5.07. The third-order valence-corrected chi connectivity index (χ3v) is 3.64. The van der Waals surface area contributed by atoms with Gasteiger partial charge in [-0.15, -0.1) is 0 Å². The van der Waals surface area contributed by atoms with Crippen LogP contribution in [0.25, 0.3) is 0 Å². The number of nitrogens with zero attached hydrogens (tertiary/aromatic N) is 3. The molecule has 0 saturated heterocycles. The van der Waals surface area contributed by atoms with E-state index >= 15 is 0 Å². The molecule has 23 heavy (non-hydrogen) atoms. The first-order chi connectivity index (χ1) is 10.8. The van der Waals surface area contributed by atoms with Gasteiger partial charge in [0.2, 0.25) is 17.5 Å². The smallest absolute Gasteiger partial charge is 0.232 e. The van der Waals surface area contributed by atoms with Crippen LogP contribution in [-0.4, -0.2) is 30.5 Å². The standard InChI is InChI=1S/C18H24N4O/c1-18(2,3)17-21-14(11-19)16(23-17)20-12-15(22(4)5)13-9-7-6-8-10-13/h6-10,15,20H,12H2,1-5H3. The predicted octanol–water partition coefficient (Wildman–Crippen LogP) is 3.56. The van der Waals surface area contributed by atoms with Crippen LogP contribution in [-0.2, 0) is 5.41 Å². The summed E-state index contributed by atoms with van der Waals surface area (Å²) in [6, 6.07) is 12.5. The maximum Gasteiger partial charge on any atom is 0.232 e. The van der Waals surface area contributed by atoms with E-state index in [0.29, 0.717) is 24.0 Å². The quantitative estimate of drug-likeness (QED) is 0.914. The minimum absolute atomic E-state index is 0.172. The summed E-state index contributed by atoms with van der Waals surface area (Å²) in [5, 5.41) is 12.5. The molecule has 0 aliphatic rings. The molecule has 1 N–H and O–H groups in total. The van der Waals surface area contributed by atoms with E-state index in [4.69, 9.17) is 4.42 Å². The molecule has 0 fully saturated rings. The topological polar surface area (TPSA) is 65.1 Å². The summed E-state index contributed by atoms with van der Waals surface area (Å²) in [7, 11) is 4.07. The van der Waals surface area contributed by atoms with Gasteiger partial charge < -0.3 is 14.6 Å². The first-order valence-electron chi connectivity index (χ1n) is 7.69. The molecule has 0 spiro atoms. The third-order valence-electron chi connectivity index (χ3n) is 3.64. The van der Waals surface area contributed by atoms with Crippen LogP contribution in [0.15, 0.2) is 34.7 Å². The number of rotatable bonds is 5. The van der Waals surface area contributed by atoms with Gasteiger partial charge in [-0.1, -0.05) is 51.1 Å². The Morgan fingerprint density at radius 3 is 2.43 bits per heavy atom. The van der Waals surface area contributed by atoms with Crippen molar-refractivity contribution in [1.29, 1.82) is 5.26 Å². The van der Waals surface area contributed by atoms with E-state index in [2.05, 4.69) is 33.4 Å². The van der Waals surface area contributed by atoms with E-state index in [-0.39, 0.29) is 11.5 Å². The highest BCUT2D eigenvalue weighted by Gasteiger charge is 2.24. The van der Waals surface area contributed by atoms with Crippen molar-refractivity contribution in [3.05, 3.63) is 47.5 Å². The summed E-state index contributed by atoms with van der Waals surface area (Å²) in [4.78, 5) is 6.43. The summed E-state index contributed by atoms with van der Waals surface area (Å²) in [6.45, 7) is 6.66. The average Bonchev–Trinajstić information content (AvgIpc) is 2.91. The number of aromatic nitrogens is 1. The Labute approximate surface area is 137 Å². The Hall–Kier alpha value is -2.32. The van der Waals surface area contributed by atoms with Crippen molar-refractivity contribution in [1.82, 2.24) is 9.88 Å². The zero-order valence-corrected chi connectivity index (χ0v) is 14.4. The molecule has 0 aliphatic heterocycles. The lowest BCUT2D eigenvalue weighted by molar-refractivity contribution is 0.309. The molecule has 0 radical (unpaired) electrons. The highest BCUT2D eigenvalue weighted by molar-refractivity contribution is 5.46. The lowest BCUT2D eigenvalue weighted by Gasteiger charge is -2.25. The number of likely N-dealkylation sites (N-methyl/N-ethyl adjacent to an activating group) is 1. The van der Waals surface area contributed by atoms with Gasteiger partial charge in [-0.2, -0.15) is 10.2 Å². The maximum atomic E-state index is 9.27. The van der Waals surface area contributed by atoms with Crippen LogP contribution in [0.5, 0.6) is 0 Å². The number of benzene rings is 1. The molecule has 0 amide bonds. The molecular weight excluding hydrogens is 288 g/mol. The number of nitrogens with one attached hydrogen (secondary N) is 1. The molecule has 1 aromatic heterocycles. The van der Waals surface area contributed by atoms with E-state index in [1.165, 1.54) is 5.56 Å². The molecule has 1 heterocycles. The van der Waals surface area contributed by atoms with Crippen molar-refractivity contribution in [3.8, 4) is 6.07 Å². The number of hydrogen-bond donors (Lipinski definition) is 1. The molecule has 2 aromatic rings. The van der Waals surface area contributed by atoms with E-state index in [0.717, 1.165) is 0 Å². The fourth-order valence-electron chi connectivity index (χ4n) is 2.30. The Balaban J connectivity index is 2.19. The summed E-state index contributed by atoms with van der Waals surface area (Å²) < 4.78 is 5.77. The van der Waals surface area contributed by atoms with Gasteiger partial charge in [0, 0.05) is 12.0 Å². The first kappa shape index (κ1) is 17.0. The van der Waals surface area contributed by atoms with Gasteiger partial charge in [-0.05, 0) is 19.7 Å². The summed E-state index contributed by atoms with van der Waals surface area (Å²) in [5.41, 5.74) is 1.28. The van der Waals surface area contributed by atoms with Gasteiger partial charge in [0.05, 0.1) is 6.04 Å². The van der Waals surface area contributed by atoms with Crippen LogP contribution >= 0.6 is 0 Å². The normalized spacial score (nSPS) is 12.9. The lowest BCUT2D eigenvalue weighted by Crippen LogP contribution is -2.26. The second kappa shape index (κ2) is 6.84.